The second-order valence-electron chi connectivity index (χ2n) is 9.13. The Kier molecular flexibility index (Phi) is 4.54. The lowest BCUT2D eigenvalue weighted by molar-refractivity contribution is -0.0180. The van der Waals surface area contributed by atoms with Gasteiger partial charge < -0.3 is 4.74 Å². The van der Waals surface area contributed by atoms with Gasteiger partial charge in [-0.1, -0.05) is 57.2 Å². The molecule has 3 aromatic rings. The highest BCUT2D eigenvalue weighted by atomic mass is 79.9. The molecule has 0 radical (unpaired) electrons. The minimum Gasteiger partial charge on any atom is -0.488 e. The Morgan fingerprint density at radius 2 is 1.93 bits per heavy atom. The minimum atomic E-state index is 0.335. The van der Waals surface area contributed by atoms with Crippen molar-refractivity contribution in [2.75, 3.05) is 0 Å². The topological polar surface area (TPSA) is 22.1 Å². The molecule has 148 valence electrons. The first kappa shape index (κ1) is 18.9. The Morgan fingerprint density at radius 1 is 1.14 bits per heavy atom. The van der Waals surface area contributed by atoms with Crippen molar-refractivity contribution in [2.24, 2.45) is 23.2 Å². The van der Waals surface area contributed by atoms with Crippen molar-refractivity contribution in [1.82, 2.24) is 4.98 Å². The van der Waals surface area contributed by atoms with Gasteiger partial charge in [0.25, 0.3) is 0 Å². The van der Waals surface area contributed by atoms with Crippen molar-refractivity contribution in [3.63, 3.8) is 0 Å². The molecule has 3 aliphatic rings. The SMILES string of the molecule is CC1C=C(c2c(OCc3ccccc3)ccc3ncc(Br)cc23)C2CC1C2(C)C. The van der Waals surface area contributed by atoms with Gasteiger partial charge in [0, 0.05) is 21.6 Å². The first-order valence-corrected chi connectivity index (χ1v) is 11.2. The molecule has 1 heterocycles. The molecule has 3 atom stereocenters. The Balaban J connectivity index is 1.64. The van der Waals surface area contributed by atoms with E-state index in [2.05, 4.69) is 90.2 Å². The molecule has 0 N–H and O–H groups in total. The van der Waals surface area contributed by atoms with E-state index in [4.69, 9.17) is 4.74 Å². The molecule has 2 bridgehead atoms. The smallest absolute Gasteiger partial charge is 0.128 e. The average Bonchev–Trinajstić information content (AvgIpc) is 2.71. The number of hydrogen-bond acceptors (Lipinski definition) is 2. The van der Waals surface area contributed by atoms with Gasteiger partial charge in [0.15, 0.2) is 0 Å². The maximum absolute atomic E-state index is 6.41. The molecule has 1 fully saturated rings. The molecule has 3 unspecified atom stereocenters. The summed E-state index contributed by atoms with van der Waals surface area (Å²) >= 11 is 3.63. The van der Waals surface area contributed by atoms with Crippen LogP contribution < -0.4 is 4.74 Å². The molecule has 1 saturated carbocycles. The van der Waals surface area contributed by atoms with Gasteiger partial charge in [-0.25, -0.2) is 0 Å². The summed E-state index contributed by atoms with van der Waals surface area (Å²) in [6, 6.07) is 16.7. The zero-order valence-corrected chi connectivity index (χ0v) is 18.7. The van der Waals surface area contributed by atoms with Gasteiger partial charge in [-0.05, 0) is 74.9 Å². The van der Waals surface area contributed by atoms with Crippen LogP contribution in [-0.4, -0.2) is 4.98 Å². The van der Waals surface area contributed by atoms with Crippen LogP contribution in [0.5, 0.6) is 5.75 Å². The van der Waals surface area contributed by atoms with Crippen LogP contribution in [0, 0.1) is 23.2 Å². The highest BCUT2D eigenvalue weighted by molar-refractivity contribution is 9.10. The van der Waals surface area contributed by atoms with Gasteiger partial charge in [0.1, 0.15) is 12.4 Å². The lowest BCUT2D eigenvalue weighted by Crippen LogP contribution is -2.50. The summed E-state index contributed by atoms with van der Waals surface area (Å²) < 4.78 is 7.41. The number of pyridine rings is 1. The van der Waals surface area contributed by atoms with Crippen LogP contribution in [0.4, 0.5) is 0 Å². The fourth-order valence-corrected chi connectivity index (χ4v) is 5.79. The van der Waals surface area contributed by atoms with E-state index >= 15 is 0 Å². The normalized spacial score (nSPS) is 24.7. The molecule has 0 spiro atoms. The van der Waals surface area contributed by atoms with Crippen LogP contribution in [0.3, 0.4) is 0 Å². The van der Waals surface area contributed by atoms with Crippen LogP contribution in [0.1, 0.15) is 38.3 Å². The third-order valence-corrected chi connectivity index (χ3v) is 7.55. The fraction of sp³-hybridized carbons (Fsp3) is 0.346. The maximum atomic E-state index is 6.41. The number of ether oxygens (including phenoxy) is 1. The summed E-state index contributed by atoms with van der Waals surface area (Å²) in [6.07, 6.45) is 5.64. The van der Waals surface area contributed by atoms with Crippen molar-refractivity contribution in [1.29, 1.82) is 0 Å². The molecule has 0 amide bonds. The van der Waals surface area contributed by atoms with Gasteiger partial charge in [0.2, 0.25) is 0 Å². The number of nitrogens with zero attached hydrogens (tertiary/aromatic N) is 1. The third kappa shape index (κ3) is 3.11. The first-order chi connectivity index (χ1) is 13.9. The lowest BCUT2D eigenvalue weighted by atomic mass is 9.45. The summed E-state index contributed by atoms with van der Waals surface area (Å²) in [7, 11) is 0. The molecule has 3 heteroatoms. The number of hydrogen-bond donors (Lipinski definition) is 0. The van der Waals surface area contributed by atoms with Gasteiger partial charge >= 0.3 is 0 Å². The van der Waals surface area contributed by atoms with Crippen LogP contribution in [0.25, 0.3) is 16.5 Å². The van der Waals surface area contributed by atoms with E-state index in [1.807, 2.05) is 12.3 Å². The van der Waals surface area contributed by atoms with Crippen LogP contribution in [0.2, 0.25) is 0 Å². The standard InChI is InChI=1S/C26H26BrNO/c1-16-11-19(22-13-21(16)26(22,2)3)25-20-12-18(27)14-28-23(20)9-10-24(25)29-15-17-7-5-4-6-8-17/h4-12,14,16,21-22H,13,15H2,1-3H3. The van der Waals surface area contributed by atoms with E-state index < -0.39 is 0 Å². The highest BCUT2D eigenvalue weighted by Crippen LogP contribution is 2.64. The zero-order valence-electron chi connectivity index (χ0n) is 17.2. The molecular formula is C26H26BrNO. The van der Waals surface area contributed by atoms with Crippen LogP contribution in [0.15, 0.2) is 65.3 Å². The number of rotatable bonds is 4. The number of aromatic nitrogens is 1. The monoisotopic (exact) mass is 447 g/mol. The summed E-state index contributed by atoms with van der Waals surface area (Å²) in [5.41, 5.74) is 5.21. The van der Waals surface area contributed by atoms with Crippen molar-refractivity contribution >= 4 is 32.4 Å². The average molecular weight is 448 g/mol. The number of benzene rings is 2. The van der Waals surface area contributed by atoms with E-state index in [0.717, 1.165) is 21.7 Å². The zero-order chi connectivity index (χ0) is 20.2. The summed E-state index contributed by atoms with van der Waals surface area (Å²) in [6.45, 7) is 7.80. The first-order valence-electron chi connectivity index (χ1n) is 10.4. The van der Waals surface area contributed by atoms with Gasteiger partial charge in [-0.2, -0.15) is 0 Å². The minimum absolute atomic E-state index is 0.335. The van der Waals surface area contributed by atoms with E-state index in [0.29, 0.717) is 23.9 Å². The van der Waals surface area contributed by atoms with Gasteiger partial charge in [-0.3, -0.25) is 4.98 Å². The molecule has 0 aliphatic heterocycles. The Morgan fingerprint density at radius 3 is 2.66 bits per heavy atom. The Labute approximate surface area is 181 Å². The van der Waals surface area contributed by atoms with Crippen molar-refractivity contribution in [3.8, 4) is 5.75 Å². The van der Waals surface area contributed by atoms with E-state index in [1.165, 1.54) is 28.5 Å². The van der Waals surface area contributed by atoms with Gasteiger partial charge in [0.05, 0.1) is 5.52 Å². The predicted octanol–water partition coefficient (Wildman–Crippen LogP) is 7.27. The van der Waals surface area contributed by atoms with E-state index in [1.54, 1.807) is 0 Å². The van der Waals surface area contributed by atoms with Crippen molar-refractivity contribution < 1.29 is 4.74 Å². The van der Waals surface area contributed by atoms with Gasteiger partial charge in [-0.15, -0.1) is 0 Å². The molecule has 2 nitrogen and oxygen atoms in total. The second-order valence-corrected chi connectivity index (χ2v) is 10.0. The van der Waals surface area contributed by atoms with Crippen molar-refractivity contribution in [2.45, 2.75) is 33.8 Å². The van der Waals surface area contributed by atoms with E-state index in [9.17, 15) is 0 Å². The third-order valence-electron chi connectivity index (χ3n) is 7.12. The summed E-state index contributed by atoms with van der Waals surface area (Å²) in [5, 5.41) is 1.17. The van der Waals surface area contributed by atoms with Crippen LogP contribution >= 0.6 is 15.9 Å². The fourth-order valence-electron chi connectivity index (χ4n) is 5.46. The maximum Gasteiger partial charge on any atom is 0.128 e. The predicted molar refractivity (Wildman–Crippen MR) is 123 cm³/mol. The molecule has 6 rings (SSSR count). The molecule has 2 aromatic carbocycles. The highest BCUT2D eigenvalue weighted by Gasteiger charge is 2.54. The quantitative estimate of drug-likeness (QED) is 0.419. The summed E-state index contributed by atoms with van der Waals surface area (Å²) in [4.78, 5) is 4.66. The van der Waals surface area contributed by atoms with Crippen LogP contribution in [-0.2, 0) is 6.61 Å². The van der Waals surface area contributed by atoms with E-state index in [-0.39, 0.29) is 0 Å². The number of allylic oxidation sites excluding steroid dienone is 2. The molecule has 1 aromatic heterocycles. The molecule has 0 saturated heterocycles. The summed E-state index contributed by atoms with van der Waals surface area (Å²) in [5.74, 6) is 2.90. The molecule has 3 aliphatic carbocycles. The van der Waals surface area contributed by atoms with Crippen molar-refractivity contribution in [3.05, 3.63) is 76.4 Å². The lowest BCUT2D eigenvalue weighted by Gasteiger charge is -2.59. The Bertz CT molecular complexity index is 1100. The second kappa shape index (κ2) is 6.98. The molecule has 29 heavy (non-hydrogen) atoms. The Hall–Kier alpha value is -2.13. The molecular weight excluding hydrogens is 422 g/mol. The largest absolute Gasteiger partial charge is 0.488 e. The number of halogens is 1. The number of fused-ring (bicyclic) bond motifs is 2.